The minimum Gasteiger partial charge on any atom is -0.481 e. The zero-order valence-corrected chi connectivity index (χ0v) is 22.7. The molecule has 37 heavy (non-hydrogen) atoms. The van der Waals surface area contributed by atoms with E-state index in [2.05, 4.69) is 17.6 Å². The zero-order chi connectivity index (χ0) is 26.9. The monoisotopic (exact) mass is 519 g/mol. The Kier molecular flexibility index (Phi) is 7.68. The fourth-order valence-corrected chi connectivity index (χ4v) is 6.23. The van der Waals surface area contributed by atoms with Crippen LogP contribution >= 0.6 is 11.3 Å². The number of anilines is 2. The van der Waals surface area contributed by atoms with Crippen LogP contribution in [0.3, 0.4) is 0 Å². The highest BCUT2D eigenvalue weighted by Crippen LogP contribution is 2.39. The lowest BCUT2D eigenvalue weighted by atomic mass is 9.88. The van der Waals surface area contributed by atoms with E-state index in [4.69, 9.17) is 10.5 Å². The van der Waals surface area contributed by atoms with Crippen LogP contribution in [0.25, 0.3) is 0 Å². The van der Waals surface area contributed by atoms with Crippen molar-refractivity contribution in [1.82, 2.24) is 0 Å². The number of thiophene rings is 1. The lowest BCUT2D eigenvalue weighted by molar-refractivity contribution is -0.122. The van der Waals surface area contributed by atoms with E-state index in [0.29, 0.717) is 27.8 Å². The summed E-state index contributed by atoms with van der Waals surface area (Å²) in [4.78, 5) is 38.9. The van der Waals surface area contributed by atoms with Gasteiger partial charge in [0.15, 0.2) is 6.10 Å². The van der Waals surface area contributed by atoms with Gasteiger partial charge in [-0.25, -0.2) is 0 Å². The Hall–Kier alpha value is -3.65. The third-order valence-electron chi connectivity index (χ3n) is 6.71. The van der Waals surface area contributed by atoms with Gasteiger partial charge in [-0.2, -0.15) is 0 Å². The molecule has 8 heteroatoms. The third kappa shape index (κ3) is 5.85. The molecule has 1 aromatic heterocycles. The molecule has 0 saturated carbocycles. The number of carbonyl (C=O) groups excluding carboxylic acids is 3. The molecule has 0 bridgehead atoms. The maximum Gasteiger partial charge on any atom is 0.265 e. The van der Waals surface area contributed by atoms with E-state index in [1.165, 1.54) is 11.3 Å². The van der Waals surface area contributed by atoms with E-state index in [9.17, 15) is 14.4 Å². The topological polar surface area (TPSA) is 111 Å². The summed E-state index contributed by atoms with van der Waals surface area (Å²) in [6.45, 7) is 9.81. The van der Waals surface area contributed by atoms with Gasteiger partial charge in [-0.1, -0.05) is 24.6 Å². The second-order valence-electron chi connectivity index (χ2n) is 9.92. The smallest absolute Gasteiger partial charge is 0.265 e. The van der Waals surface area contributed by atoms with Crippen molar-refractivity contribution in [3.63, 3.8) is 0 Å². The van der Waals surface area contributed by atoms with Crippen molar-refractivity contribution >= 4 is 39.7 Å². The predicted molar refractivity (Wildman–Crippen MR) is 148 cm³/mol. The van der Waals surface area contributed by atoms with Crippen molar-refractivity contribution in [3.05, 3.63) is 74.7 Å². The number of aryl methyl sites for hydroxylation is 3. The highest BCUT2D eigenvalue weighted by atomic mass is 32.1. The number of benzene rings is 2. The first kappa shape index (κ1) is 26.4. The van der Waals surface area contributed by atoms with Crippen LogP contribution in [0.1, 0.15) is 68.1 Å². The Labute approximate surface area is 221 Å². The van der Waals surface area contributed by atoms with Crippen LogP contribution in [0.4, 0.5) is 10.7 Å². The van der Waals surface area contributed by atoms with E-state index in [0.717, 1.165) is 52.1 Å². The van der Waals surface area contributed by atoms with Crippen LogP contribution < -0.4 is 21.1 Å². The number of primary amides is 1. The van der Waals surface area contributed by atoms with Gasteiger partial charge >= 0.3 is 0 Å². The molecular formula is C29H33N3O4S. The lowest BCUT2D eigenvalue weighted by Crippen LogP contribution is -2.30. The van der Waals surface area contributed by atoms with Crippen LogP contribution in [0.15, 0.2) is 36.4 Å². The van der Waals surface area contributed by atoms with Crippen LogP contribution in [0.5, 0.6) is 5.75 Å². The molecule has 1 heterocycles. The molecule has 0 fully saturated rings. The van der Waals surface area contributed by atoms with Gasteiger partial charge in [-0.05, 0) is 93.8 Å². The number of hydrogen-bond donors (Lipinski definition) is 3. The predicted octanol–water partition coefficient (Wildman–Crippen LogP) is 5.56. The van der Waals surface area contributed by atoms with Crippen LogP contribution in [-0.2, 0) is 17.6 Å². The van der Waals surface area contributed by atoms with Crippen LogP contribution in [0, 0.1) is 26.7 Å². The second-order valence-corrected chi connectivity index (χ2v) is 11.0. The zero-order valence-electron chi connectivity index (χ0n) is 21.9. The van der Waals surface area contributed by atoms with Gasteiger partial charge in [0.1, 0.15) is 10.8 Å². The van der Waals surface area contributed by atoms with Crippen molar-refractivity contribution in [1.29, 1.82) is 0 Å². The molecule has 1 aliphatic rings. The van der Waals surface area contributed by atoms with Crippen molar-refractivity contribution in [2.45, 2.75) is 60.0 Å². The first-order chi connectivity index (χ1) is 17.5. The highest BCUT2D eigenvalue weighted by molar-refractivity contribution is 7.17. The van der Waals surface area contributed by atoms with Gasteiger partial charge in [0.05, 0.1) is 5.56 Å². The Morgan fingerprint density at radius 1 is 1.05 bits per heavy atom. The number of fused-ring (bicyclic) bond motifs is 1. The van der Waals surface area contributed by atoms with Gasteiger partial charge in [0, 0.05) is 16.1 Å². The summed E-state index contributed by atoms with van der Waals surface area (Å²) >= 11 is 1.43. The fourth-order valence-electron chi connectivity index (χ4n) is 4.82. The first-order valence-electron chi connectivity index (χ1n) is 12.4. The normalized spacial score (nSPS) is 15.4. The minimum atomic E-state index is -0.738. The quantitative estimate of drug-likeness (QED) is 0.380. The summed E-state index contributed by atoms with van der Waals surface area (Å²) in [6.07, 6.45) is 1.94. The summed E-state index contributed by atoms with van der Waals surface area (Å²) in [5, 5.41) is 6.33. The van der Waals surface area contributed by atoms with Gasteiger partial charge < -0.3 is 21.1 Å². The summed E-state index contributed by atoms with van der Waals surface area (Å²) in [5.41, 5.74) is 11.4. The van der Waals surface area contributed by atoms with Crippen LogP contribution in [-0.4, -0.2) is 23.8 Å². The molecule has 0 radical (unpaired) electrons. The molecule has 4 rings (SSSR count). The summed E-state index contributed by atoms with van der Waals surface area (Å²) < 4.78 is 5.82. The Balaban J connectivity index is 1.41. The molecule has 4 N–H and O–H groups in total. The summed E-state index contributed by atoms with van der Waals surface area (Å²) in [7, 11) is 0. The van der Waals surface area contributed by atoms with E-state index in [-0.39, 0.29) is 11.8 Å². The number of carbonyl (C=O) groups is 3. The second kappa shape index (κ2) is 10.8. The summed E-state index contributed by atoms with van der Waals surface area (Å²) in [5.74, 6) is -0.106. The van der Waals surface area contributed by atoms with Crippen molar-refractivity contribution in [2.75, 3.05) is 10.6 Å². The number of nitrogens with two attached hydrogens (primary N) is 1. The largest absolute Gasteiger partial charge is 0.481 e. The van der Waals surface area contributed by atoms with Gasteiger partial charge in [-0.15, -0.1) is 11.3 Å². The van der Waals surface area contributed by atoms with Gasteiger partial charge in [-0.3, -0.25) is 14.4 Å². The average molecular weight is 520 g/mol. The molecule has 0 unspecified atom stereocenters. The number of ether oxygens (including phenoxy) is 1. The molecule has 3 amide bonds. The van der Waals surface area contributed by atoms with Crippen LogP contribution in [0.2, 0.25) is 0 Å². The Morgan fingerprint density at radius 2 is 1.70 bits per heavy atom. The molecule has 3 aromatic rings. The molecule has 0 spiro atoms. The van der Waals surface area contributed by atoms with Crippen molar-refractivity contribution in [3.8, 4) is 5.75 Å². The highest BCUT2D eigenvalue weighted by Gasteiger charge is 2.27. The molecular weight excluding hydrogens is 486 g/mol. The third-order valence-corrected chi connectivity index (χ3v) is 7.88. The first-order valence-corrected chi connectivity index (χ1v) is 13.3. The molecule has 0 saturated heterocycles. The maximum absolute atomic E-state index is 12.9. The molecule has 2 atom stereocenters. The lowest BCUT2D eigenvalue weighted by Gasteiger charge is -2.18. The molecule has 7 nitrogen and oxygen atoms in total. The summed E-state index contributed by atoms with van der Waals surface area (Å²) in [6, 6.07) is 10.6. The molecule has 2 aromatic carbocycles. The molecule has 1 aliphatic carbocycles. The standard InChI is InChI=1S/C29H33N3O4S/c1-15-6-11-22-23(14-15)37-29(24(22)26(30)33)32-28(35)20-7-9-21(10-8-20)36-19(5)27(34)31-25-17(3)12-16(2)13-18(25)4/h7-10,12-13,15,19H,6,11,14H2,1-5H3,(H2,30,33)(H,31,34)(H,32,35)/t15-,19+/m0/s1. The van der Waals surface area contributed by atoms with E-state index >= 15 is 0 Å². The van der Waals surface area contributed by atoms with Crippen molar-refractivity contribution in [2.24, 2.45) is 11.7 Å². The van der Waals surface area contributed by atoms with E-state index in [1.807, 2.05) is 32.9 Å². The van der Waals surface area contributed by atoms with E-state index in [1.54, 1.807) is 31.2 Å². The van der Waals surface area contributed by atoms with Gasteiger partial charge in [0.2, 0.25) is 0 Å². The number of hydrogen-bond acceptors (Lipinski definition) is 5. The average Bonchev–Trinajstić information content (AvgIpc) is 3.18. The Bertz CT molecular complexity index is 1340. The number of amides is 3. The fraction of sp³-hybridized carbons (Fsp3) is 0.345. The van der Waals surface area contributed by atoms with Crippen molar-refractivity contribution < 1.29 is 19.1 Å². The minimum absolute atomic E-state index is 0.258. The molecule has 0 aliphatic heterocycles. The SMILES string of the molecule is Cc1cc(C)c(NC(=O)[C@@H](C)Oc2ccc(C(=O)Nc3sc4c(c3C(N)=O)CC[C@H](C)C4)cc2)c(C)c1. The number of rotatable bonds is 7. The number of nitrogens with one attached hydrogen (secondary N) is 2. The Morgan fingerprint density at radius 3 is 2.32 bits per heavy atom. The van der Waals surface area contributed by atoms with Gasteiger partial charge in [0.25, 0.3) is 17.7 Å². The molecule has 194 valence electrons. The maximum atomic E-state index is 12.9. The van der Waals surface area contributed by atoms with E-state index < -0.39 is 12.0 Å².